The van der Waals surface area contributed by atoms with Crippen LogP contribution in [0.5, 0.6) is 11.5 Å². The van der Waals surface area contributed by atoms with Crippen molar-refractivity contribution < 1.29 is 33.7 Å². The van der Waals surface area contributed by atoms with E-state index in [1.165, 1.54) is 54.6 Å². The number of carboxylic acid groups (broad SMARTS) is 1. The smallest absolute Gasteiger partial charge is 0.335 e. The molecule has 0 aliphatic rings. The lowest BCUT2D eigenvalue weighted by molar-refractivity contribution is 0.0696. The van der Waals surface area contributed by atoms with Crippen LogP contribution in [0.4, 0.5) is 14.5 Å². The molecule has 4 rings (SSSR count). The van der Waals surface area contributed by atoms with E-state index in [2.05, 4.69) is 5.32 Å². The number of rotatable bonds is 5. The fourth-order valence-corrected chi connectivity index (χ4v) is 3.44. The molecule has 0 unspecified atom stereocenters. The maximum Gasteiger partial charge on any atom is 0.335 e. The molecule has 0 radical (unpaired) electrons. The van der Waals surface area contributed by atoms with Crippen molar-refractivity contribution in [1.82, 2.24) is 0 Å². The Kier molecular flexibility index (Phi) is 5.97. The first kappa shape index (κ1) is 22.5. The number of nitrogens with one attached hydrogen (secondary N) is 1. The summed E-state index contributed by atoms with van der Waals surface area (Å²) in [6.45, 7) is 0. The van der Waals surface area contributed by atoms with Crippen LogP contribution < -0.4 is 5.32 Å². The highest BCUT2D eigenvalue weighted by atomic mass is 19.2. The second-order valence-electron chi connectivity index (χ2n) is 7.43. The van der Waals surface area contributed by atoms with Crippen molar-refractivity contribution in [2.75, 3.05) is 5.32 Å². The zero-order chi connectivity index (χ0) is 24.4. The minimum Gasteiger partial charge on any atom is -0.507 e. The molecule has 0 saturated carbocycles. The third kappa shape index (κ3) is 4.56. The molecule has 0 heterocycles. The zero-order valence-corrected chi connectivity index (χ0v) is 17.4. The number of carboxylic acids is 1. The van der Waals surface area contributed by atoms with Crippen LogP contribution in [0.3, 0.4) is 0 Å². The summed E-state index contributed by atoms with van der Waals surface area (Å²) in [5.41, 5.74) is 1.59. The molecular formula is C26H17F2NO5. The molecule has 0 spiro atoms. The van der Waals surface area contributed by atoms with Gasteiger partial charge in [0.05, 0.1) is 5.56 Å². The lowest BCUT2D eigenvalue weighted by Gasteiger charge is -2.12. The fraction of sp³-hybridized carbons (Fsp3) is 0. The van der Waals surface area contributed by atoms with Gasteiger partial charge in [-0.15, -0.1) is 0 Å². The van der Waals surface area contributed by atoms with Gasteiger partial charge in [-0.1, -0.05) is 18.2 Å². The van der Waals surface area contributed by atoms with Crippen LogP contribution in [0.25, 0.3) is 22.3 Å². The predicted molar refractivity (Wildman–Crippen MR) is 122 cm³/mol. The summed E-state index contributed by atoms with van der Waals surface area (Å²) >= 11 is 0. The number of anilines is 1. The van der Waals surface area contributed by atoms with Crippen molar-refractivity contribution in [3.8, 4) is 33.8 Å². The first-order chi connectivity index (χ1) is 16.2. The van der Waals surface area contributed by atoms with Gasteiger partial charge in [0.15, 0.2) is 11.6 Å². The van der Waals surface area contributed by atoms with Crippen molar-refractivity contribution in [1.29, 1.82) is 0 Å². The van der Waals surface area contributed by atoms with Gasteiger partial charge in [-0.25, -0.2) is 13.6 Å². The number of amides is 1. The second kappa shape index (κ2) is 9.03. The number of hydrogen-bond acceptors (Lipinski definition) is 4. The molecular weight excluding hydrogens is 444 g/mol. The third-order valence-corrected chi connectivity index (χ3v) is 5.16. The molecule has 6 nitrogen and oxygen atoms in total. The zero-order valence-electron chi connectivity index (χ0n) is 17.4. The Morgan fingerprint density at radius 2 is 1.35 bits per heavy atom. The van der Waals surface area contributed by atoms with Crippen LogP contribution in [0.15, 0.2) is 78.9 Å². The van der Waals surface area contributed by atoms with Crippen molar-refractivity contribution >= 4 is 17.6 Å². The SMILES string of the molecule is O=C(O)c1cccc(-c2cc(NC(=O)c3ccc(O)c(-c4ccc(F)c(F)c4)c3)ccc2O)c1. The van der Waals surface area contributed by atoms with Gasteiger partial charge in [0.2, 0.25) is 0 Å². The minimum atomic E-state index is -1.12. The quantitative estimate of drug-likeness (QED) is 0.287. The van der Waals surface area contributed by atoms with Crippen LogP contribution in [-0.2, 0) is 0 Å². The number of aromatic carboxylic acids is 1. The number of phenolic OH excluding ortho intramolecular Hbond substituents is 2. The Morgan fingerprint density at radius 1 is 0.676 bits per heavy atom. The first-order valence-corrected chi connectivity index (χ1v) is 9.99. The summed E-state index contributed by atoms with van der Waals surface area (Å²) in [6.07, 6.45) is 0. The molecule has 4 aromatic carbocycles. The summed E-state index contributed by atoms with van der Waals surface area (Å²) in [4.78, 5) is 24.1. The molecule has 0 bridgehead atoms. The third-order valence-electron chi connectivity index (χ3n) is 5.16. The van der Waals surface area contributed by atoms with E-state index in [0.29, 0.717) is 16.8 Å². The Morgan fingerprint density at radius 3 is 2.06 bits per heavy atom. The van der Waals surface area contributed by atoms with Gasteiger partial charge in [0.1, 0.15) is 11.5 Å². The molecule has 0 aliphatic heterocycles. The summed E-state index contributed by atoms with van der Waals surface area (Å²) in [7, 11) is 0. The molecule has 0 aliphatic carbocycles. The highest BCUT2D eigenvalue weighted by Gasteiger charge is 2.15. The van der Waals surface area contributed by atoms with Crippen LogP contribution in [0.2, 0.25) is 0 Å². The second-order valence-corrected chi connectivity index (χ2v) is 7.43. The Bertz CT molecular complexity index is 1430. The van der Waals surface area contributed by atoms with E-state index in [4.69, 9.17) is 0 Å². The van der Waals surface area contributed by atoms with Crippen molar-refractivity contribution in [3.63, 3.8) is 0 Å². The van der Waals surface area contributed by atoms with Gasteiger partial charge < -0.3 is 20.6 Å². The van der Waals surface area contributed by atoms with E-state index in [0.717, 1.165) is 12.1 Å². The van der Waals surface area contributed by atoms with E-state index in [1.807, 2.05) is 0 Å². The minimum absolute atomic E-state index is 0.0418. The normalized spacial score (nSPS) is 10.6. The number of halogens is 2. The molecule has 0 fully saturated rings. The molecule has 1 amide bonds. The summed E-state index contributed by atoms with van der Waals surface area (Å²) in [6, 6.07) is 17.4. The van der Waals surface area contributed by atoms with Crippen molar-refractivity contribution in [2.45, 2.75) is 0 Å². The standard InChI is InChI=1S/C26H17F2NO5/c27-21-7-4-15(12-22(21)28)19-11-16(5-8-23(19)30)25(32)29-18-6-9-24(31)20(13-18)14-2-1-3-17(10-14)26(33)34/h1-13,30-31H,(H,29,32)(H,33,34). The number of hydrogen-bond donors (Lipinski definition) is 4. The molecule has 0 aromatic heterocycles. The lowest BCUT2D eigenvalue weighted by Crippen LogP contribution is -2.12. The Hall–Kier alpha value is -4.72. The van der Waals surface area contributed by atoms with E-state index < -0.39 is 23.5 Å². The highest BCUT2D eigenvalue weighted by Crippen LogP contribution is 2.34. The van der Waals surface area contributed by atoms with E-state index >= 15 is 0 Å². The molecule has 0 atom stereocenters. The number of carbonyl (C=O) groups is 2. The summed E-state index contributed by atoms with van der Waals surface area (Å²) in [5.74, 6) is -4.11. The van der Waals surface area contributed by atoms with Gasteiger partial charge in [0.25, 0.3) is 5.91 Å². The monoisotopic (exact) mass is 461 g/mol. The summed E-state index contributed by atoms with van der Waals surface area (Å²) in [5, 5.41) is 32.3. The van der Waals surface area contributed by atoms with E-state index in [-0.39, 0.29) is 33.8 Å². The molecule has 170 valence electrons. The van der Waals surface area contributed by atoms with Gasteiger partial charge >= 0.3 is 5.97 Å². The lowest BCUT2D eigenvalue weighted by atomic mass is 10.0. The molecule has 4 aromatic rings. The van der Waals surface area contributed by atoms with E-state index in [9.17, 15) is 33.7 Å². The maximum absolute atomic E-state index is 13.6. The number of carbonyl (C=O) groups excluding carboxylic acids is 1. The highest BCUT2D eigenvalue weighted by molar-refractivity contribution is 6.05. The van der Waals surface area contributed by atoms with Gasteiger partial charge in [-0.2, -0.15) is 0 Å². The number of benzene rings is 4. The number of phenols is 2. The van der Waals surface area contributed by atoms with Crippen LogP contribution in [-0.4, -0.2) is 27.2 Å². The topological polar surface area (TPSA) is 107 Å². The molecule has 0 saturated heterocycles. The fourth-order valence-electron chi connectivity index (χ4n) is 3.44. The van der Waals surface area contributed by atoms with Crippen LogP contribution in [0, 0.1) is 11.6 Å². The largest absolute Gasteiger partial charge is 0.507 e. The Balaban J connectivity index is 1.63. The molecule has 8 heteroatoms. The van der Waals surface area contributed by atoms with Crippen LogP contribution >= 0.6 is 0 Å². The van der Waals surface area contributed by atoms with Crippen molar-refractivity contribution in [3.05, 3.63) is 102 Å². The van der Waals surface area contributed by atoms with Crippen molar-refractivity contribution in [2.24, 2.45) is 0 Å². The van der Waals surface area contributed by atoms with Gasteiger partial charge in [-0.05, 0) is 71.8 Å². The van der Waals surface area contributed by atoms with E-state index in [1.54, 1.807) is 12.1 Å². The number of aromatic hydroxyl groups is 2. The summed E-state index contributed by atoms with van der Waals surface area (Å²) < 4.78 is 26.9. The Labute approximate surface area is 192 Å². The molecule has 34 heavy (non-hydrogen) atoms. The first-order valence-electron chi connectivity index (χ1n) is 9.99. The average molecular weight is 461 g/mol. The van der Waals surface area contributed by atoms with Gasteiger partial charge in [-0.3, -0.25) is 4.79 Å². The predicted octanol–water partition coefficient (Wildman–Crippen LogP) is 5.66. The molecule has 4 N–H and O–H groups in total. The van der Waals surface area contributed by atoms with Gasteiger partial charge in [0, 0.05) is 22.4 Å². The van der Waals surface area contributed by atoms with Crippen LogP contribution in [0.1, 0.15) is 20.7 Å². The maximum atomic E-state index is 13.6. The average Bonchev–Trinajstić information content (AvgIpc) is 2.82.